The van der Waals surface area contributed by atoms with E-state index in [0.29, 0.717) is 6.54 Å². The van der Waals surface area contributed by atoms with Crippen molar-refractivity contribution in [3.63, 3.8) is 0 Å². The number of aryl methyl sites for hydroxylation is 1. The maximum absolute atomic E-state index is 4.41. The van der Waals surface area contributed by atoms with Gasteiger partial charge in [-0.15, -0.1) is 10.2 Å². The van der Waals surface area contributed by atoms with Gasteiger partial charge in [0, 0.05) is 27.2 Å². The maximum atomic E-state index is 4.41. The molecule has 0 atom stereocenters. The van der Waals surface area contributed by atoms with E-state index in [1.54, 1.807) is 0 Å². The molecule has 116 valence electrons. The van der Waals surface area contributed by atoms with E-state index < -0.39 is 0 Å². The van der Waals surface area contributed by atoms with E-state index in [1.807, 2.05) is 25.6 Å². The quantitative estimate of drug-likeness (QED) is 0.670. The minimum absolute atomic E-state index is 0.627. The van der Waals surface area contributed by atoms with Crippen molar-refractivity contribution in [2.75, 3.05) is 13.6 Å². The molecule has 1 N–H and O–H groups in total. The molecule has 0 fully saturated rings. The third kappa shape index (κ3) is 2.81. The van der Waals surface area contributed by atoms with Gasteiger partial charge in [-0.3, -0.25) is 4.99 Å². The largest absolute Gasteiger partial charge is 0.349 e. The lowest BCUT2D eigenvalue weighted by atomic mass is 10.0. The lowest BCUT2D eigenvalue weighted by Crippen LogP contribution is -2.44. The molecule has 6 nitrogen and oxygen atoms in total. The summed E-state index contributed by atoms with van der Waals surface area (Å²) < 4.78 is 1.99. The Bertz CT molecular complexity index is 688. The number of nitrogens with one attached hydrogen (secondary N) is 1. The van der Waals surface area contributed by atoms with E-state index >= 15 is 0 Å². The van der Waals surface area contributed by atoms with Crippen molar-refractivity contribution in [1.82, 2.24) is 25.0 Å². The van der Waals surface area contributed by atoms with Gasteiger partial charge in [0.15, 0.2) is 11.8 Å². The molecule has 3 rings (SSSR count). The smallest absolute Gasteiger partial charge is 0.194 e. The first-order chi connectivity index (χ1) is 10.7. The van der Waals surface area contributed by atoms with Gasteiger partial charge in [-0.1, -0.05) is 24.3 Å². The highest BCUT2D eigenvalue weighted by molar-refractivity contribution is 5.80. The Labute approximate surface area is 130 Å². The van der Waals surface area contributed by atoms with E-state index in [0.717, 1.165) is 37.1 Å². The molecular weight excluding hydrogens is 276 g/mol. The zero-order valence-corrected chi connectivity index (χ0v) is 13.4. The van der Waals surface area contributed by atoms with Gasteiger partial charge in [-0.05, 0) is 24.5 Å². The van der Waals surface area contributed by atoms with E-state index in [9.17, 15) is 0 Å². The van der Waals surface area contributed by atoms with Gasteiger partial charge < -0.3 is 14.8 Å². The molecule has 2 heterocycles. The van der Waals surface area contributed by atoms with Crippen molar-refractivity contribution >= 4 is 5.96 Å². The second-order valence-corrected chi connectivity index (χ2v) is 5.56. The third-order valence-corrected chi connectivity index (χ3v) is 4.23. The molecule has 0 radical (unpaired) electrons. The Morgan fingerprint density at radius 1 is 1.27 bits per heavy atom. The van der Waals surface area contributed by atoms with Crippen molar-refractivity contribution in [3.05, 3.63) is 47.0 Å². The number of benzene rings is 1. The van der Waals surface area contributed by atoms with E-state index in [2.05, 4.69) is 49.7 Å². The summed E-state index contributed by atoms with van der Waals surface area (Å²) in [5.41, 5.74) is 2.82. The fourth-order valence-corrected chi connectivity index (χ4v) is 2.77. The van der Waals surface area contributed by atoms with Crippen LogP contribution in [0.3, 0.4) is 0 Å². The summed E-state index contributed by atoms with van der Waals surface area (Å²) in [5.74, 6) is 2.74. The number of hydrogen-bond acceptors (Lipinski definition) is 3. The van der Waals surface area contributed by atoms with Crippen LogP contribution >= 0.6 is 0 Å². The summed E-state index contributed by atoms with van der Waals surface area (Å²) >= 11 is 0. The summed E-state index contributed by atoms with van der Waals surface area (Å²) in [6, 6.07) is 8.62. The molecule has 1 aliphatic heterocycles. The lowest BCUT2D eigenvalue weighted by Gasteiger charge is -2.31. The summed E-state index contributed by atoms with van der Waals surface area (Å²) in [4.78, 5) is 6.69. The Hall–Kier alpha value is -2.37. The van der Waals surface area contributed by atoms with Crippen LogP contribution in [0.1, 0.15) is 22.8 Å². The first kappa shape index (κ1) is 14.6. The number of aliphatic imine (C=N–C) groups is 1. The van der Waals surface area contributed by atoms with Gasteiger partial charge in [0.25, 0.3) is 0 Å². The van der Waals surface area contributed by atoms with Crippen LogP contribution in [-0.2, 0) is 26.6 Å². The molecule has 0 bridgehead atoms. The molecule has 22 heavy (non-hydrogen) atoms. The molecule has 1 aromatic heterocycles. The molecule has 1 aliphatic rings. The van der Waals surface area contributed by atoms with E-state index in [1.165, 1.54) is 11.1 Å². The first-order valence-corrected chi connectivity index (χ1v) is 7.56. The average molecular weight is 298 g/mol. The Balaban J connectivity index is 1.67. The summed E-state index contributed by atoms with van der Waals surface area (Å²) in [5, 5.41) is 11.7. The topological polar surface area (TPSA) is 58.3 Å². The third-order valence-electron chi connectivity index (χ3n) is 4.23. The highest BCUT2D eigenvalue weighted by Crippen LogP contribution is 2.18. The number of aromatic nitrogens is 3. The Kier molecular flexibility index (Phi) is 4.09. The van der Waals surface area contributed by atoms with Crippen LogP contribution in [-0.4, -0.2) is 39.2 Å². The molecule has 0 amide bonds. The van der Waals surface area contributed by atoms with Crippen LogP contribution in [0, 0.1) is 6.92 Å². The standard InChI is InChI=1S/C16H22N6/c1-12-19-20-15(21(12)3)10-18-16(17-2)22-9-8-13-6-4-5-7-14(13)11-22/h4-7H,8-11H2,1-3H3,(H,17,18). The number of rotatable bonds is 2. The SMILES string of the molecule is CN=C(NCc1nnc(C)n1C)N1CCc2ccccc2C1. The molecule has 1 aromatic carbocycles. The number of hydrogen-bond donors (Lipinski definition) is 1. The average Bonchev–Trinajstić information content (AvgIpc) is 2.87. The molecule has 0 saturated heterocycles. The van der Waals surface area contributed by atoms with Crippen LogP contribution < -0.4 is 5.32 Å². The van der Waals surface area contributed by atoms with Crippen molar-refractivity contribution in [3.8, 4) is 0 Å². The predicted octanol–water partition coefficient (Wildman–Crippen LogP) is 1.26. The van der Waals surface area contributed by atoms with Crippen LogP contribution in [0.25, 0.3) is 0 Å². The molecule has 2 aromatic rings. The second-order valence-electron chi connectivity index (χ2n) is 5.56. The van der Waals surface area contributed by atoms with Gasteiger partial charge >= 0.3 is 0 Å². The Morgan fingerprint density at radius 3 is 2.73 bits per heavy atom. The van der Waals surface area contributed by atoms with Crippen LogP contribution in [0.2, 0.25) is 0 Å². The van der Waals surface area contributed by atoms with Crippen LogP contribution in [0.5, 0.6) is 0 Å². The summed E-state index contributed by atoms with van der Waals surface area (Å²) in [7, 11) is 3.80. The first-order valence-electron chi connectivity index (χ1n) is 7.56. The zero-order valence-electron chi connectivity index (χ0n) is 13.4. The van der Waals surface area contributed by atoms with Crippen molar-refractivity contribution in [2.24, 2.45) is 12.0 Å². The number of fused-ring (bicyclic) bond motifs is 1. The molecule has 0 aliphatic carbocycles. The van der Waals surface area contributed by atoms with E-state index in [-0.39, 0.29) is 0 Å². The molecular formula is C16H22N6. The second kappa shape index (κ2) is 6.17. The highest BCUT2D eigenvalue weighted by Gasteiger charge is 2.19. The van der Waals surface area contributed by atoms with Gasteiger partial charge in [0.1, 0.15) is 5.82 Å². The fraction of sp³-hybridized carbons (Fsp3) is 0.438. The minimum Gasteiger partial charge on any atom is -0.349 e. The summed E-state index contributed by atoms with van der Waals surface area (Å²) in [6.07, 6.45) is 1.06. The van der Waals surface area contributed by atoms with Crippen LogP contribution in [0.4, 0.5) is 0 Å². The lowest BCUT2D eigenvalue weighted by molar-refractivity contribution is 0.377. The van der Waals surface area contributed by atoms with Gasteiger partial charge in [-0.25, -0.2) is 0 Å². The normalized spacial score (nSPS) is 14.9. The highest BCUT2D eigenvalue weighted by atomic mass is 15.3. The minimum atomic E-state index is 0.627. The maximum Gasteiger partial charge on any atom is 0.194 e. The van der Waals surface area contributed by atoms with Gasteiger partial charge in [0.05, 0.1) is 6.54 Å². The molecule has 0 saturated carbocycles. The monoisotopic (exact) mass is 298 g/mol. The van der Waals surface area contributed by atoms with Crippen LogP contribution in [0.15, 0.2) is 29.3 Å². The molecule has 0 spiro atoms. The van der Waals surface area contributed by atoms with Crippen molar-refractivity contribution in [1.29, 1.82) is 0 Å². The van der Waals surface area contributed by atoms with Crippen molar-refractivity contribution < 1.29 is 0 Å². The number of nitrogens with zero attached hydrogens (tertiary/aromatic N) is 5. The zero-order chi connectivity index (χ0) is 15.5. The number of guanidine groups is 1. The van der Waals surface area contributed by atoms with Gasteiger partial charge in [-0.2, -0.15) is 0 Å². The Morgan fingerprint density at radius 2 is 2.05 bits per heavy atom. The predicted molar refractivity (Wildman–Crippen MR) is 86.5 cm³/mol. The molecule has 6 heteroatoms. The van der Waals surface area contributed by atoms with E-state index in [4.69, 9.17) is 0 Å². The summed E-state index contributed by atoms with van der Waals surface area (Å²) in [6.45, 7) is 4.46. The van der Waals surface area contributed by atoms with Gasteiger partial charge in [0.2, 0.25) is 0 Å². The fourth-order valence-electron chi connectivity index (χ4n) is 2.77. The van der Waals surface area contributed by atoms with Crippen molar-refractivity contribution in [2.45, 2.75) is 26.4 Å². The molecule has 0 unspecified atom stereocenters.